The topological polar surface area (TPSA) is 80.5 Å². The number of para-hydroxylation sites is 3. The standard InChI is InChI=1S/C28H28N4O3/c1-20-9-5-6-12-23(20)27-30-26(35-31-27)19-32-17-15-21(16-18-32)28(33)29-24-13-7-8-14-25(24)34-22-10-3-2-4-11-22/h2-14,21H,15-19H2,1H3,(H,29,33). The van der Waals surface area contributed by atoms with E-state index in [4.69, 9.17) is 9.26 Å². The van der Waals surface area contributed by atoms with Crippen molar-refractivity contribution >= 4 is 11.6 Å². The third-order valence-electron chi connectivity index (χ3n) is 6.29. The second-order valence-electron chi connectivity index (χ2n) is 8.78. The molecule has 0 bridgehead atoms. The van der Waals surface area contributed by atoms with Gasteiger partial charge in [-0.3, -0.25) is 9.69 Å². The van der Waals surface area contributed by atoms with Crippen molar-refractivity contribution in [2.24, 2.45) is 5.92 Å². The number of rotatable bonds is 7. The summed E-state index contributed by atoms with van der Waals surface area (Å²) in [7, 11) is 0. The summed E-state index contributed by atoms with van der Waals surface area (Å²) in [6.45, 7) is 4.21. The van der Waals surface area contributed by atoms with E-state index in [2.05, 4.69) is 20.4 Å². The Balaban J connectivity index is 1.15. The summed E-state index contributed by atoms with van der Waals surface area (Å²) in [5.74, 6) is 2.54. The first kappa shape index (κ1) is 22.8. The third kappa shape index (κ3) is 5.58. The minimum absolute atomic E-state index is 0.0217. The normalized spacial score (nSPS) is 14.5. The van der Waals surface area contributed by atoms with E-state index in [0.717, 1.165) is 42.8 Å². The largest absolute Gasteiger partial charge is 0.455 e. The highest BCUT2D eigenvalue weighted by molar-refractivity contribution is 5.94. The molecule has 35 heavy (non-hydrogen) atoms. The monoisotopic (exact) mass is 468 g/mol. The second kappa shape index (κ2) is 10.5. The van der Waals surface area contributed by atoms with Gasteiger partial charge in [0.1, 0.15) is 5.75 Å². The summed E-state index contributed by atoms with van der Waals surface area (Å²) in [5.41, 5.74) is 2.77. The molecule has 3 aromatic carbocycles. The van der Waals surface area contributed by atoms with Crippen LogP contribution in [0.15, 0.2) is 83.4 Å². The molecule has 7 heteroatoms. The van der Waals surface area contributed by atoms with Crippen LogP contribution in [0.4, 0.5) is 5.69 Å². The number of carbonyl (C=O) groups excluding carboxylic acids is 1. The van der Waals surface area contributed by atoms with E-state index in [1.165, 1.54) is 0 Å². The van der Waals surface area contributed by atoms with Gasteiger partial charge in [-0.1, -0.05) is 59.8 Å². The molecule has 1 aliphatic rings. The van der Waals surface area contributed by atoms with E-state index in [1.54, 1.807) is 0 Å². The van der Waals surface area contributed by atoms with E-state index in [9.17, 15) is 4.79 Å². The molecule has 1 saturated heterocycles. The molecule has 178 valence electrons. The Morgan fingerprint density at radius 2 is 1.71 bits per heavy atom. The van der Waals surface area contributed by atoms with Gasteiger partial charge in [0, 0.05) is 11.5 Å². The maximum absolute atomic E-state index is 13.0. The van der Waals surface area contributed by atoms with Gasteiger partial charge < -0.3 is 14.6 Å². The lowest BCUT2D eigenvalue weighted by atomic mass is 9.96. The first-order chi connectivity index (χ1) is 17.2. The first-order valence-electron chi connectivity index (χ1n) is 11.9. The summed E-state index contributed by atoms with van der Waals surface area (Å²) in [5, 5.41) is 7.22. The van der Waals surface area contributed by atoms with Gasteiger partial charge in [0.2, 0.25) is 17.6 Å². The molecule has 0 unspecified atom stereocenters. The number of likely N-dealkylation sites (tertiary alicyclic amines) is 1. The average Bonchev–Trinajstić information content (AvgIpc) is 3.35. The van der Waals surface area contributed by atoms with Gasteiger partial charge in [-0.2, -0.15) is 4.98 Å². The van der Waals surface area contributed by atoms with Gasteiger partial charge >= 0.3 is 0 Å². The summed E-state index contributed by atoms with van der Waals surface area (Å²) in [6.07, 6.45) is 1.54. The molecule has 1 aliphatic heterocycles. The van der Waals surface area contributed by atoms with Crippen LogP contribution in [0.1, 0.15) is 24.3 Å². The fraction of sp³-hybridized carbons (Fsp3) is 0.250. The molecular formula is C28H28N4O3. The average molecular weight is 469 g/mol. The Kier molecular flexibility index (Phi) is 6.86. The molecule has 0 aliphatic carbocycles. The van der Waals surface area contributed by atoms with E-state index in [-0.39, 0.29) is 11.8 Å². The number of nitrogens with one attached hydrogen (secondary N) is 1. The molecule has 2 heterocycles. The molecule has 5 rings (SSSR count). The number of nitrogens with zero attached hydrogens (tertiary/aromatic N) is 3. The van der Waals surface area contributed by atoms with Crippen molar-refractivity contribution in [1.82, 2.24) is 15.0 Å². The van der Waals surface area contributed by atoms with E-state index in [1.807, 2.05) is 85.8 Å². The number of anilines is 1. The van der Waals surface area contributed by atoms with E-state index in [0.29, 0.717) is 29.7 Å². The molecule has 4 aromatic rings. The Morgan fingerprint density at radius 3 is 2.51 bits per heavy atom. The van der Waals surface area contributed by atoms with Crippen LogP contribution in [0.2, 0.25) is 0 Å². The molecule has 7 nitrogen and oxygen atoms in total. The van der Waals surface area contributed by atoms with E-state index < -0.39 is 0 Å². The van der Waals surface area contributed by atoms with Crippen molar-refractivity contribution < 1.29 is 14.1 Å². The molecule has 0 spiro atoms. The maximum Gasteiger partial charge on any atom is 0.241 e. The zero-order chi connectivity index (χ0) is 24.0. The SMILES string of the molecule is Cc1ccccc1-c1noc(CN2CCC(C(=O)Nc3ccccc3Oc3ccccc3)CC2)n1. The predicted octanol–water partition coefficient (Wildman–Crippen LogP) is 5.69. The van der Waals surface area contributed by atoms with Crippen molar-refractivity contribution in [3.05, 3.63) is 90.3 Å². The molecule has 1 amide bonds. The molecule has 1 fully saturated rings. The van der Waals surface area contributed by atoms with Crippen LogP contribution in [-0.2, 0) is 11.3 Å². The fourth-order valence-electron chi connectivity index (χ4n) is 4.31. The van der Waals surface area contributed by atoms with Crippen LogP contribution >= 0.6 is 0 Å². The van der Waals surface area contributed by atoms with Crippen molar-refractivity contribution in [3.63, 3.8) is 0 Å². The van der Waals surface area contributed by atoms with Crippen LogP contribution in [0.3, 0.4) is 0 Å². The smallest absolute Gasteiger partial charge is 0.241 e. The predicted molar refractivity (Wildman–Crippen MR) is 134 cm³/mol. The van der Waals surface area contributed by atoms with E-state index >= 15 is 0 Å². The van der Waals surface area contributed by atoms with Crippen molar-refractivity contribution in [1.29, 1.82) is 0 Å². The minimum atomic E-state index is -0.0544. The lowest BCUT2D eigenvalue weighted by Gasteiger charge is -2.30. The number of hydrogen-bond donors (Lipinski definition) is 1. The maximum atomic E-state index is 13.0. The Morgan fingerprint density at radius 1 is 1.00 bits per heavy atom. The zero-order valence-corrected chi connectivity index (χ0v) is 19.7. The number of hydrogen-bond acceptors (Lipinski definition) is 6. The first-order valence-corrected chi connectivity index (χ1v) is 11.9. The number of benzene rings is 3. The molecule has 1 aromatic heterocycles. The number of ether oxygens (including phenoxy) is 1. The highest BCUT2D eigenvalue weighted by Gasteiger charge is 2.26. The van der Waals surface area contributed by atoms with Crippen LogP contribution in [0.25, 0.3) is 11.4 Å². The Hall–Kier alpha value is -3.97. The summed E-state index contributed by atoms with van der Waals surface area (Å²) < 4.78 is 11.5. The minimum Gasteiger partial charge on any atom is -0.455 e. The van der Waals surface area contributed by atoms with Crippen LogP contribution in [0.5, 0.6) is 11.5 Å². The van der Waals surface area contributed by atoms with Gasteiger partial charge in [0.15, 0.2) is 5.75 Å². The van der Waals surface area contributed by atoms with Gasteiger partial charge in [-0.15, -0.1) is 0 Å². The number of piperidine rings is 1. The third-order valence-corrected chi connectivity index (χ3v) is 6.29. The fourth-order valence-corrected chi connectivity index (χ4v) is 4.31. The lowest BCUT2D eigenvalue weighted by Crippen LogP contribution is -2.37. The molecule has 0 atom stereocenters. The summed E-state index contributed by atoms with van der Waals surface area (Å²) in [4.78, 5) is 19.8. The number of aryl methyl sites for hydroxylation is 1. The number of carbonyl (C=O) groups is 1. The highest BCUT2D eigenvalue weighted by Crippen LogP contribution is 2.30. The highest BCUT2D eigenvalue weighted by atomic mass is 16.5. The molecule has 0 radical (unpaired) electrons. The summed E-state index contributed by atoms with van der Waals surface area (Å²) in [6, 6.07) is 25.1. The zero-order valence-electron chi connectivity index (χ0n) is 19.7. The molecular weight excluding hydrogens is 440 g/mol. The van der Waals surface area contributed by atoms with Gasteiger partial charge in [-0.25, -0.2) is 0 Å². The van der Waals surface area contributed by atoms with Crippen molar-refractivity contribution in [2.75, 3.05) is 18.4 Å². The van der Waals surface area contributed by atoms with Crippen LogP contribution in [-0.4, -0.2) is 34.0 Å². The van der Waals surface area contributed by atoms with Gasteiger partial charge in [0.05, 0.1) is 12.2 Å². The molecule has 0 saturated carbocycles. The van der Waals surface area contributed by atoms with Gasteiger partial charge in [0.25, 0.3) is 0 Å². The Labute approximate surface area is 204 Å². The summed E-state index contributed by atoms with van der Waals surface area (Å²) >= 11 is 0. The second-order valence-corrected chi connectivity index (χ2v) is 8.78. The molecule has 1 N–H and O–H groups in total. The van der Waals surface area contributed by atoms with Crippen molar-refractivity contribution in [3.8, 4) is 22.9 Å². The van der Waals surface area contributed by atoms with Crippen LogP contribution < -0.4 is 10.1 Å². The van der Waals surface area contributed by atoms with Crippen molar-refractivity contribution in [2.45, 2.75) is 26.3 Å². The lowest BCUT2D eigenvalue weighted by molar-refractivity contribution is -0.121. The Bertz CT molecular complexity index is 1280. The number of amides is 1. The quantitative estimate of drug-likeness (QED) is 0.375. The van der Waals surface area contributed by atoms with Gasteiger partial charge in [-0.05, 0) is 62.7 Å². The van der Waals surface area contributed by atoms with Crippen LogP contribution in [0, 0.1) is 12.8 Å². The number of aromatic nitrogens is 2.